The zero-order valence-corrected chi connectivity index (χ0v) is 14.8. The molecule has 0 heterocycles. The molecule has 128 valence electrons. The van der Waals surface area contributed by atoms with Crippen LogP contribution in [0.4, 0.5) is 0 Å². The van der Waals surface area contributed by atoms with Gasteiger partial charge in [0.15, 0.2) is 0 Å². The second-order valence-corrected chi connectivity index (χ2v) is 8.71. The van der Waals surface area contributed by atoms with Gasteiger partial charge in [-0.2, -0.15) is 0 Å². The number of aryl methyl sites for hydroxylation is 1. The fourth-order valence-corrected chi connectivity index (χ4v) is 5.58. The van der Waals surface area contributed by atoms with E-state index in [1.165, 1.54) is 12.8 Å². The molecule has 0 unspecified atom stereocenters. The van der Waals surface area contributed by atoms with Gasteiger partial charge in [-0.15, -0.1) is 0 Å². The average Bonchev–Trinajstić information content (AvgIpc) is 2.54. The van der Waals surface area contributed by atoms with E-state index < -0.39 is 10.1 Å². The van der Waals surface area contributed by atoms with Crippen molar-refractivity contribution in [3.05, 3.63) is 28.8 Å². The standard InChI is InChI=1S/C19H28O3S/c1-14-12-17(15-8-4-2-5-9-15)19(23(20,21)22)18(13-14)16-10-6-3-7-11-16/h12-13,15-16H,2-11H2,1H3,(H,20,21,22)/p-1. The van der Waals surface area contributed by atoms with Crippen molar-refractivity contribution in [2.24, 2.45) is 0 Å². The molecule has 0 amide bonds. The first-order chi connectivity index (χ1) is 11.0. The van der Waals surface area contributed by atoms with E-state index in [-0.39, 0.29) is 16.7 Å². The van der Waals surface area contributed by atoms with Crippen molar-refractivity contribution in [1.82, 2.24) is 0 Å². The van der Waals surface area contributed by atoms with Crippen molar-refractivity contribution in [2.75, 3.05) is 0 Å². The molecule has 0 aromatic heterocycles. The van der Waals surface area contributed by atoms with Gasteiger partial charge in [0.1, 0.15) is 10.1 Å². The third-order valence-corrected chi connectivity index (χ3v) is 6.60. The number of rotatable bonds is 3. The molecule has 4 heteroatoms. The van der Waals surface area contributed by atoms with Crippen LogP contribution < -0.4 is 0 Å². The van der Waals surface area contributed by atoms with Crippen molar-refractivity contribution < 1.29 is 13.0 Å². The van der Waals surface area contributed by atoms with Crippen LogP contribution in [0.2, 0.25) is 0 Å². The van der Waals surface area contributed by atoms with Crippen molar-refractivity contribution in [3.8, 4) is 0 Å². The van der Waals surface area contributed by atoms with Gasteiger partial charge in [-0.3, -0.25) is 0 Å². The van der Waals surface area contributed by atoms with Gasteiger partial charge in [0, 0.05) is 0 Å². The highest BCUT2D eigenvalue weighted by molar-refractivity contribution is 7.85. The Labute approximate surface area is 140 Å². The predicted octanol–water partition coefficient (Wildman–Crippen LogP) is 4.99. The normalized spacial score (nSPS) is 21.5. The van der Waals surface area contributed by atoms with Gasteiger partial charge in [-0.05, 0) is 55.6 Å². The van der Waals surface area contributed by atoms with Gasteiger partial charge >= 0.3 is 0 Å². The van der Waals surface area contributed by atoms with Crippen LogP contribution in [0.3, 0.4) is 0 Å². The summed E-state index contributed by atoms with van der Waals surface area (Å²) in [6, 6.07) is 3.93. The molecule has 0 atom stereocenters. The second-order valence-electron chi connectivity index (χ2n) is 7.40. The molecule has 3 nitrogen and oxygen atoms in total. The van der Waals surface area contributed by atoms with E-state index in [4.69, 9.17) is 0 Å². The van der Waals surface area contributed by atoms with Crippen molar-refractivity contribution in [1.29, 1.82) is 0 Å². The summed E-state index contributed by atoms with van der Waals surface area (Å²) in [5.41, 5.74) is 2.74. The van der Waals surface area contributed by atoms with Crippen molar-refractivity contribution in [2.45, 2.75) is 87.9 Å². The van der Waals surface area contributed by atoms with Crippen LogP contribution in [-0.4, -0.2) is 13.0 Å². The number of benzene rings is 1. The van der Waals surface area contributed by atoms with E-state index in [1.54, 1.807) is 0 Å². The van der Waals surface area contributed by atoms with Gasteiger partial charge in [-0.1, -0.05) is 56.2 Å². The van der Waals surface area contributed by atoms with E-state index in [1.807, 2.05) is 19.1 Å². The summed E-state index contributed by atoms with van der Waals surface area (Å²) in [6.07, 6.45) is 11.0. The molecule has 0 saturated heterocycles. The number of hydrogen-bond acceptors (Lipinski definition) is 3. The maximum atomic E-state index is 12.1. The summed E-state index contributed by atoms with van der Waals surface area (Å²) in [5.74, 6) is 0.481. The third kappa shape index (κ3) is 3.80. The molecule has 0 radical (unpaired) electrons. The van der Waals surface area contributed by atoms with Crippen LogP contribution >= 0.6 is 0 Å². The lowest BCUT2D eigenvalue weighted by Crippen LogP contribution is -2.17. The van der Waals surface area contributed by atoms with Crippen LogP contribution in [0.5, 0.6) is 0 Å². The Morgan fingerprint density at radius 1 is 0.826 bits per heavy atom. The Morgan fingerprint density at radius 3 is 1.57 bits per heavy atom. The molecule has 3 rings (SSSR count). The summed E-state index contributed by atoms with van der Waals surface area (Å²) < 4.78 is 36.3. The molecule has 0 N–H and O–H groups in total. The summed E-state index contributed by atoms with van der Waals surface area (Å²) in [7, 11) is -4.43. The lowest BCUT2D eigenvalue weighted by Gasteiger charge is -2.31. The van der Waals surface area contributed by atoms with E-state index in [0.29, 0.717) is 0 Å². The summed E-state index contributed by atoms with van der Waals surface area (Å²) >= 11 is 0. The molecule has 0 spiro atoms. The Hall–Kier alpha value is -0.870. The Balaban J connectivity index is 2.12. The average molecular weight is 335 g/mol. The topological polar surface area (TPSA) is 57.2 Å². The zero-order valence-electron chi connectivity index (χ0n) is 14.0. The molecular weight excluding hydrogens is 308 g/mol. The van der Waals surface area contributed by atoms with E-state index >= 15 is 0 Å². The van der Waals surface area contributed by atoms with E-state index in [0.717, 1.165) is 68.1 Å². The molecule has 2 fully saturated rings. The van der Waals surface area contributed by atoms with Crippen LogP contribution in [0.1, 0.15) is 92.7 Å². The summed E-state index contributed by atoms with van der Waals surface area (Å²) in [4.78, 5) is 0.141. The third-order valence-electron chi connectivity index (χ3n) is 5.63. The van der Waals surface area contributed by atoms with Crippen LogP contribution in [-0.2, 0) is 10.1 Å². The Morgan fingerprint density at radius 2 is 1.22 bits per heavy atom. The minimum atomic E-state index is -4.43. The molecule has 1 aromatic carbocycles. The molecule has 2 aliphatic rings. The SMILES string of the molecule is Cc1cc(C2CCCCC2)c(S(=O)(=O)[O-])c(C2CCCCC2)c1. The highest BCUT2D eigenvalue weighted by atomic mass is 32.2. The van der Waals surface area contributed by atoms with Crippen molar-refractivity contribution in [3.63, 3.8) is 0 Å². The van der Waals surface area contributed by atoms with E-state index in [9.17, 15) is 13.0 Å². The van der Waals surface area contributed by atoms with Crippen LogP contribution in [0.15, 0.2) is 17.0 Å². The molecule has 1 aromatic rings. The monoisotopic (exact) mass is 335 g/mol. The van der Waals surface area contributed by atoms with Gasteiger partial charge in [0.05, 0.1) is 4.90 Å². The van der Waals surface area contributed by atoms with Gasteiger partial charge in [-0.25, -0.2) is 8.42 Å². The summed E-state index contributed by atoms with van der Waals surface area (Å²) in [5, 5.41) is 0. The van der Waals surface area contributed by atoms with Crippen LogP contribution in [0.25, 0.3) is 0 Å². The van der Waals surface area contributed by atoms with Gasteiger partial charge in [0.2, 0.25) is 0 Å². The highest BCUT2D eigenvalue weighted by Gasteiger charge is 2.27. The Bertz CT molecular complexity index is 612. The quantitative estimate of drug-likeness (QED) is 0.731. The molecular formula is C19H27O3S-. The molecule has 0 aliphatic heterocycles. The minimum Gasteiger partial charge on any atom is -0.744 e. The van der Waals surface area contributed by atoms with Gasteiger partial charge < -0.3 is 4.55 Å². The fraction of sp³-hybridized carbons (Fsp3) is 0.684. The smallest absolute Gasteiger partial charge is 0.124 e. The first-order valence-electron chi connectivity index (χ1n) is 9.07. The van der Waals surface area contributed by atoms with Crippen molar-refractivity contribution >= 4 is 10.1 Å². The maximum absolute atomic E-state index is 12.1. The molecule has 2 aliphatic carbocycles. The largest absolute Gasteiger partial charge is 0.744 e. The lowest BCUT2D eigenvalue weighted by atomic mass is 9.79. The molecule has 2 saturated carbocycles. The fourth-order valence-electron chi connectivity index (χ4n) is 4.55. The highest BCUT2D eigenvalue weighted by Crippen LogP contribution is 2.42. The predicted molar refractivity (Wildman–Crippen MR) is 90.8 cm³/mol. The first-order valence-corrected chi connectivity index (χ1v) is 10.5. The van der Waals surface area contributed by atoms with Crippen LogP contribution in [0, 0.1) is 6.92 Å². The zero-order chi connectivity index (χ0) is 16.4. The Kier molecular flexibility index (Phi) is 5.12. The first kappa shape index (κ1) is 17.0. The van der Waals surface area contributed by atoms with E-state index in [2.05, 4.69) is 0 Å². The minimum absolute atomic E-state index is 0.141. The molecule has 0 bridgehead atoms. The molecule has 23 heavy (non-hydrogen) atoms. The summed E-state index contributed by atoms with van der Waals surface area (Å²) in [6.45, 7) is 2.03. The van der Waals surface area contributed by atoms with Gasteiger partial charge in [0.25, 0.3) is 0 Å². The lowest BCUT2D eigenvalue weighted by molar-refractivity contribution is 0.416. The maximum Gasteiger partial charge on any atom is 0.124 e. The number of hydrogen-bond donors (Lipinski definition) is 0. The second kappa shape index (κ2) is 6.94.